The Bertz CT molecular complexity index is 407. The molecule has 98 valence electrons. The van der Waals surface area contributed by atoms with Crippen molar-refractivity contribution in [1.29, 1.82) is 0 Å². The highest BCUT2D eigenvalue weighted by molar-refractivity contribution is 5.36. The lowest BCUT2D eigenvalue weighted by Gasteiger charge is -2.03. The molecular weight excluding hydrogens is 220 g/mol. The Morgan fingerprint density at radius 1 is 0.722 bits per heavy atom. The van der Waals surface area contributed by atoms with Crippen LogP contribution in [0.5, 0.6) is 5.75 Å². The molecule has 1 N–H and O–H groups in total. The lowest BCUT2D eigenvalue weighted by molar-refractivity contribution is 0.469. The summed E-state index contributed by atoms with van der Waals surface area (Å²) in [7, 11) is 0. The first-order valence-corrected chi connectivity index (χ1v) is 6.67. The van der Waals surface area contributed by atoms with Crippen molar-refractivity contribution < 1.29 is 5.11 Å². The molecule has 0 atom stereocenters. The van der Waals surface area contributed by atoms with Crippen molar-refractivity contribution in [3.05, 3.63) is 65.7 Å². The number of phenols is 1. The van der Waals surface area contributed by atoms with Crippen LogP contribution in [-0.4, -0.2) is 5.11 Å². The van der Waals surface area contributed by atoms with E-state index in [0.29, 0.717) is 5.75 Å². The van der Waals surface area contributed by atoms with Crippen molar-refractivity contribution >= 4 is 0 Å². The predicted octanol–water partition coefficient (Wildman–Crippen LogP) is 5.04. The van der Waals surface area contributed by atoms with Crippen LogP contribution in [0.4, 0.5) is 0 Å². The van der Waals surface area contributed by atoms with Crippen molar-refractivity contribution in [3.8, 4) is 5.75 Å². The third-order valence-electron chi connectivity index (χ3n) is 2.23. The number of hydrogen-bond acceptors (Lipinski definition) is 1. The smallest absolute Gasteiger partial charge is 0.119 e. The summed E-state index contributed by atoms with van der Waals surface area (Å²) in [4.78, 5) is 0. The molecule has 0 heterocycles. The highest BCUT2D eigenvalue weighted by Gasteiger charge is 1.99. The van der Waals surface area contributed by atoms with Gasteiger partial charge in [0.1, 0.15) is 5.75 Å². The third kappa shape index (κ3) is 5.53. The summed E-state index contributed by atoms with van der Waals surface area (Å²) in [6.45, 7) is 8.00. The number of rotatable bonds is 2. The second-order valence-corrected chi connectivity index (χ2v) is 3.29. The van der Waals surface area contributed by atoms with E-state index in [1.54, 1.807) is 6.07 Å². The zero-order valence-corrected chi connectivity index (χ0v) is 11.9. The lowest BCUT2D eigenvalue weighted by Crippen LogP contribution is -1.87. The van der Waals surface area contributed by atoms with Gasteiger partial charge in [0.05, 0.1) is 0 Å². The molecule has 2 aromatic carbocycles. The number of phenolic OH excluding ortho intramolecular Hbond substituents is 1. The number of para-hydroxylation sites is 1. The largest absolute Gasteiger partial charge is 0.508 e. The van der Waals surface area contributed by atoms with Crippen molar-refractivity contribution in [2.24, 2.45) is 0 Å². The van der Waals surface area contributed by atoms with Gasteiger partial charge >= 0.3 is 0 Å². The lowest BCUT2D eigenvalue weighted by atomic mass is 10.0. The fourth-order valence-corrected chi connectivity index (χ4v) is 1.48. The second kappa shape index (κ2) is 10.4. The molecule has 1 heteroatoms. The molecule has 0 saturated carbocycles. The van der Waals surface area contributed by atoms with Crippen molar-refractivity contribution in [3.63, 3.8) is 0 Å². The van der Waals surface area contributed by atoms with E-state index in [1.807, 2.05) is 64.1 Å². The standard InChI is InChI=1S/C13H12O.2C2H6/c14-13-9-5-4-8-12(13)10-11-6-2-1-3-7-11;2*1-2/h1-9,14H,10H2;2*1-2H3. The molecule has 0 aliphatic heterocycles. The van der Waals surface area contributed by atoms with E-state index in [2.05, 4.69) is 12.1 Å². The Labute approximate surface area is 111 Å². The van der Waals surface area contributed by atoms with Crippen molar-refractivity contribution in [1.82, 2.24) is 0 Å². The monoisotopic (exact) mass is 244 g/mol. The molecular formula is C17H24O. The fraction of sp³-hybridized carbons (Fsp3) is 0.294. The van der Waals surface area contributed by atoms with Crippen molar-refractivity contribution in [2.75, 3.05) is 0 Å². The van der Waals surface area contributed by atoms with E-state index < -0.39 is 0 Å². The van der Waals surface area contributed by atoms with Gasteiger partial charge in [0.15, 0.2) is 0 Å². The fourth-order valence-electron chi connectivity index (χ4n) is 1.48. The summed E-state index contributed by atoms with van der Waals surface area (Å²) in [5, 5.41) is 9.57. The zero-order valence-electron chi connectivity index (χ0n) is 11.9. The summed E-state index contributed by atoms with van der Waals surface area (Å²) in [6.07, 6.45) is 0.785. The van der Waals surface area contributed by atoms with Crippen LogP contribution >= 0.6 is 0 Å². The number of benzene rings is 2. The van der Waals surface area contributed by atoms with Crippen LogP contribution in [0.15, 0.2) is 54.6 Å². The normalized spacial score (nSPS) is 8.44. The first kappa shape index (κ1) is 16.2. The summed E-state index contributed by atoms with van der Waals surface area (Å²) in [5.41, 5.74) is 2.19. The molecule has 0 radical (unpaired) electrons. The van der Waals surface area contributed by atoms with Crippen LogP contribution in [-0.2, 0) is 6.42 Å². The zero-order chi connectivity index (χ0) is 13.8. The molecule has 0 aliphatic rings. The van der Waals surface area contributed by atoms with Crippen LogP contribution in [0.3, 0.4) is 0 Å². The van der Waals surface area contributed by atoms with Gasteiger partial charge in [0.2, 0.25) is 0 Å². The minimum Gasteiger partial charge on any atom is -0.508 e. The first-order chi connectivity index (χ1) is 8.86. The highest BCUT2D eigenvalue weighted by Crippen LogP contribution is 2.19. The maximum Gasteiger partial charge on any atom is 0.119 e. The highest BCUT2D eigenvalue weighted by atomic mass is 16.3. The van der Waals surface area contributed by atoms with Gasteiger partial charge in [0.25, 0.3) is 0 Å². The van der Waals surface area contributed by atoms with Crippen molar-refractivity contribution in [2.45, 2.75) is 34.1 Å². The third-order valence-corrected chi connectivity index (χ3v) is 2.23. The predicted molar refractivity (Wildman–Crippen MR) is 80.1 cm³/mol. The molecule has 1 nitrogen and oxygen atoms in total. The number of hydrogen-bond donors (Lipinski definition) is 1. The van der Waals surface area contributed by atoms with Gasteiger partial charge < -0.3 is 5.11 Å². The molecule has 0 fully saturated rings. The first-order valence-electron chi connectivity index (χ1n) is 6.67. The Hall–Kier alpha value is -1.76. The Balaban J connectivity index is 0.000000659. The number of aromatic hydroxyl groups is 1. The Kier molecular flexibility index (Phi) is 9.38. The van der Waals surface area contributed by atoms with Gasteiger partial charge in [-0.25, -0.2) is 0 Å². The van der Waals surface area contributed by atoms with Gasteiger partial charge in [-0.1, -0.05) is 76.2 Å². The van der Waals surface area contributed by atoms with E-state index in [4.69, 9.17) is 0 Å². The molecule has 2 rings (SSSR count). The molecule has 2 aromatic rings. The molecule has 0 amide bonds. The maximum absolute atomic E-state index is 9.57. The van der Waals surface area contributed by atoms with Gasteiger partial charge in [-0.2, -0.15) is 0 Å². The average Bonchev–Trinajstić information content (AvgIpc) is 2.47. The molecule has 18 heavy (non-hydrogen) atoms. The Morgan fingerprint density at radius 2 is 1.22 bits per heavy atom. The molecule has 0 aromatic heterocycles. The van der Waals surface area contributed by atoms with Crippen LogP contribution in [0.1, 0.15) is 38.8 Å². The van der Waals surface area contributed by atoms with E-state index >= 15 is 0 Å². The topological polar surface area (TPSA) is 20.2 Å². The quantitative estimate of drug-likeness (QED) is 0.785. The maximum atomic E-state index is 9.57. The van der Waals surface area contributed by atoms with Crippen LogP contribution in [0.25, 0.3) is 0 Å². The Morgan fingerprint density at radius 3 is 1.78 bits per heavy atom. The SMILES string of the molecule is CC.CC.Oc1ccccc1Cc1ccccc1. The van der Waals surface area contributed by atoms with Crippen LogP contribution < -0.4 is 0 Å². The van der Waals surface area contributed by atoms with Crippen LogP contribution in [0.2, 0.25) is 0 Å². The van der Waals surface area contributed by atoms with Crippen LogP contribution in [0, 0.1) is 0 Å². The summed E-state index contributed by atoms with van der Waals surface area (Å²) >= 11 is 0. The molecule has 0 saturated heterocycles. The minimum atomic E-state index is 0.372. The van der Waals surface area contributed by atoms with Gasteiger partial charge in [-0.05, 0) is 17.2 Å². The summed E-state index contributed by atoms with van der Waals surface area (Å²) in [6, 6.07) is 17.6. The van der Waals surface area contributed by atoms with E-state index in [9.17, 15) is 5.11 Å². The van der Waals surface area contributed by atoms with E-state index in [0.717, 1.165) is 12.0 Å². The summed E-state index contributed by atoms with van der Waals surface area (Å²) < 4.78 is 0. The van der Waals surface area contributed by atoms with Gasteiger partial charge in [-0.3, -0.25) is 0 Å². The van der Waals surface area contributed by atoms with Gasteiger partial charge in [0, 0.05) is 6.42 Å². The average molecular weight is 244 g/mol. The molecule has 0 bridgehead atoms. The molecule has 0 spiro atoms. The van der Waals surface area contributed by atoms with Gasteiger partial charge in [-0.15, -0.1) is 0 Å². The summed E-state index contributed by atoms with van der Waals surface area (Å²) in [5.74, 6) is 0.372. The van der Waals surface area contributed by atoms with E-state index in [-0.39, 0.29) is 0 Å². The molecule has 0 aliphatic carbocycles. The molecule has 0 unspecified atom stereocenters. The minimum absolute atomic E-state index is 0.372. The second-order valence-electron chi connectivity index (χ2n) is 3.29. The van der Waals surface area contributed by atoms with E-state index in [1.165, 1.54) is 5.56 Å².